The van der Waals surface area contributed by atoms with Crippen molar-refractivity contribution in [3.63, 3.8) is 0 Å². The predicted molar refractivity (Wildman–Crippen MR) is 70.0 cm³/mol. The number of nitrogens with zero attached hydrogens (tertiary/aromatic N) is 3. The fourth-order valence-corrected chi connectivity index (χ4v) is 2.52. The summed E-state index contributed by atoms with van der Waals surface area (Å²) in [7, 11) is 0. The molecule has 2 rings (SSSR count). The minimum absolute atomic E-state index is 0.338. The molecule has 0 bridgehead atoms. The summed E-state index contributed by atoms with van der Waals surface area (Å²) in [6, 6.07) is 7.00. The lowest BCUT2D eigenvalue weighted by Gasteiger charge is -2.40. The second-order valence-electron chi connectivity index (χ2n) is 4.73. The van der Waals surface area contributed by atoms with Gasteiger partial charge in [-0.2, -0.15) is 5.26 Å². The second kappa shape index (κ2) is 5.36. The van der Waals surface area contributed by atoms with Crippen molar-refractivity contribution in [1.29, 1.82) is 5.26 Å². The van der Waals surface area contributed by atoms with Gasteiger partial charge in [0.25, 0.3) is 0 Å². The second-order valence-corrected chi connectivity index (χ2v) is 4.73. The number of benzene rings is 1. The fraction of sp³-hybridized carbons (Fsp3) is 0.500. The van der Waals surface area contributed by atoms with Gasteiger partial charge in [0.05, 0.1) is 11.6 Å². The summed E-state index contributed by atoms with van der Waals surface area (Å²) in [5, 5.41) is 8.87. The van der Waals surface area contributed by atoms with Gasteiger partial charge in [0.15, 0.2) is 0 Å². The molecule has 0 saturated carbocycles. The Bertz CT molecular complexity index is 467. The largest absolute Gasteiger partial charge is 0.369 e. The Kier molecular flexibility index (Phi) is 3.83. The predicted octanol–water partition coefficient (Wildman–Crippen LogP) is 2.23. The van der Waals surface area contributed by atoms with Gasteiger partial charge in [0.1, 0.15) is 5.82 Å². The molecule has 1 fully saturated rings. The van der Waals surface area contributed by atoms with Crippen LogP contribution in [0.1, 0.15) is 19.4 Å². The fourth-order valence-electron chi connectivity index (χ4n) is 2.52. The molecule has 1 saturated heterocycles. The van der Waals surface area contributed by atoms with Crippen LogP contribution in [0.15, 0.2) is 18.2 Å². The minimum atomic E-state index is -0.338. The van der Waals surface area contributed by atoms with E-state index >= 15 is 0 Å². The third-order valence-electron chi connectivity index (χ3n) is 3.55. The third-order valence-corrected chi connectivity index (χ3v) is 3.55. The Hall–Kier alpha value is -1.60. The summed E-state index contributed by atoms with van der Waals surface area (Å²) in [6.45, 7) is 8.12. The van der Waals surface area contributed by atoms with Crippen LogP contribution in [0.5, 0.6) is 0 Å². The van der Waals surface area contributed by atoms with Crippen molar-refractivity contribution in [2.24, 2.45) is 0 Å². The molecule has 1 aliphatic rings. The van der Waals surface area contributed by atoms with Crippen molar-refractivity contribution in [1.82, 2.24) is 4.90 Å². The number of halogens is 1. The van der Waals surface area contributed by atoms with Gasteiger partial charge < -0.3 is 4.90 Å². The Morgan fingerprint density at radius 3 is 2.78 bits per heavy atom. The van der Waals surface area contributed by atoms with E-state index in [-0.39, 0.29) is 5.82 Å². The van der Waals surface area contributed by atoms with Crippen LogP contribution < -0.4 is 4.90 Å². The molecule has 0 amide bonds. The average Bonchev–Trinajstić information content (AvgIpc) is 2.37. The Labute approximate surface area is 107 Å². The van der Waals surface area contributed by atoms with Gasteiger partial charge in [-0.1, -0.05) is 6.92 Å². The Balaban J connectivity index is 2.18. The number of hydrogen-bond acceptors (Lipinski definition) is 3. The molecule has 96 valence electrons. The van der Waals surface area contributed by atoms with Crippen LogP contribution in [0.4, 0.5) is 10.1 Å². The summed E-state index contributed by atoms with van der Waals surface area (Å²) in [5.74, 6) is -0.338. The highest BCUT2D eigenvalue weighted by atomic mass is 19.1. The van der Waals surface area contributed by atoms with Gasteiger partial charge in [-0.25, -0.2) is 4.39 Å². The van der Waals surface area contributed by atoms with E-state index in [0.717, 1.165) is 31.9 Å². The molecule has 18 heavy (non-hydrogen) atoms. The Morgan fingerprint density at radius 1 is 1.39 bits per heavy atom. The van der Waals surface area contributed by atoms with Crippen LogP contribution in [0.3, 0.4) is 0 Å². The van der Waals surface area contributed by atoms with Crippen LogP contribution in [0.25, 0.3) is 0 Å². The van der Waals surface area contributed by atoms with E-state index in [4.69, 9.17) is 5.26 Å². The standard InChI is InChI=1S/C14H18FN3/c1-3-17-4-5-18(10-11(17)2)14-7-12(9-16)6-13(15)8-14/h6-8,11H,3-5,10H2,1-2H3. The summed E-state index contributed by atoms with van der Waals surface area (Å²) in [5.41, 5.74) is 1.20. The number of nitriles is 1. The first-order valence-corrected chi connectivity index (χ1v) is 6.33. The highest BCUT2D eigenvalue weighted by Gasteiger charge is 2.22. The number of piperazine rings is 1. The summed E-state index contributed by atoms with van der Waals surface area (Å²) >= 11 is 0. The van der Waals surface area contributed by atoms with E-state index in [2.05, 4.69) is 23.6 Å². The van der Waals surface area contributed by atoms with Crippen molar-refractivity contribution in [3.8, 4) is 6.07 Å². The zero-order valence-corrected chi connectivity index (χ0v) is 10.9. The molecule has 1 atom stereocenters. The third kappa shape index (κ3) is 2.62. The molecule has 3 nitrogen and oxygen atoms in total. The van der Waals surface area contributed by atoms with Crippen molar-refractivity contribution in [2.75, 3.05) is 31.1 Å². The van der Waals surface area contributed by atoms with Crippen LogP contribution in [-0.2, 0) is 0 Å². The molecule has 0 N–H and O–H groups in total. The van der Waals surface area contributed by atoms with Gasteiger partial charge in [-0.05, 0) is 31.7 Å². The zero-order chi connectivity index (χ0) is 13.1. The highest BCUT2D eigenvalue weighted by Crippen LogP contribution is 2.21. The van der Waals surface area contributed by atoms with Crippen molar-refractivity contribution in [3.05, 3.63) is 29.6 Å². The molecule has 0 radical (unpaired) electrons. The molecular weight excluding hydrogens is 229 g/mol. The maximum atomic E-state index is 13.4. The van der Waals surface area contributed by atoms with Crippen molar-refractivity contribution < 1.29 is 4.39 Å². The minimum Gasteiger partial charge on any atom is -0.369 e. The van der Waals surface area contributed by atoms with Crippen LogP contribution in [-0.4, -0.2) is 37.1 Å². The quantitative estimate of drug-likeness (QED) is 0.803. The van der Waals surface area contributed by atoms with E-state index < -0.39 is 0 Å². The molecule has 1 aromatic rings. The maximum Gasteiger partial charge on any atom is 0.126 e. The van der Waals surface area contributed by atoms with Crippen LogP contribution >= 0.6 is 0 Å². The molecule has 1 heterocycles. The van der Waals surface area contributed by atoms with Crippen molar-refractivity contribution in [2.45, 2.75) is 19.9 Å². The first-order chi connectivity index (χ1) is 8.63. The monoisotopic (exact) mass is 247 g/mol. The van der Waals surface area contributed by atoms with Gasteiger partial charge in [-0.3, -0.25) is 4.90 Å². The average molecular weight is 247 g/mol. The summed E-state index contributed by atoms with van der Waals surface area (Å²) in [4.78, 5) is 4.56. The normalized spacial score (nSPS) is 20.8. The number of hydrogen-bond donors (Lipinski definition) is 0. The highest BCUT2D eigenvalue weighted by molar-refractivity contribution is 5.52. The number of anilines is 1. The van der Waals surface area contributed by atoms with Crippen LogP contribution in [0, 0.1) is 17.1 Å². The van der Waals surface area contributed by atoms with E-state index in [1.807, 2.05) is 6.07 Å². The summed E-state index contributed by atoms with van der Waals surface area (Å²) in [6.07, 6.45) is 0. The van der Waals surface area contributed by atoms with Gasteiger partial charge >= 0.3 is 0 Å². The zero-order valence-electron chi connectivity index (χ0n) is 10.9. The molecule has 1 aromatic carbocycles. The van der Waals surface area contributed by atoms with E-state index in [1.165, 1.54) is 12.1 Å². The molecule has 4 heteroatoms. The first kappa shape index (κ1) is 12.8. The maximum absolute atomic E-state index is 13.4. The SMILES string of the molecule is CCN1CCN(c2cc(F)cc(C#N)c2)CC1C. The lowest BCUT2D eigenvalue weighted by atomic mass is 10.1. The lowest BCUT2D eigenvalue weighted by molar-refractivity contribution is 0.199. The molecule has 1 unspecified atom stereocenters. The van der Waals surface area contributed by atoms with E-state index in [0.29, 0.717) is 11.6 Å². The number of rotatable bonds is 2. The lowest BCUT2D eigenvalue weighted by Crippen LogP contribution is -2.51. The van der Waals surface area contributed by atoms with E-state index in [9.17, 15) is 4.39 Å². The van der Waals surface area contributed by atoms with Gasteiger partial charge in [0, 0.05) is 31.4 Å². The summed E-state index contributed by atoms with van der Waals surface area (Å²) < 4.78 is 13.4. The van der Waals surface area contributed by atoms with Gasteiger partial charge in [0.2, 0.25) is 0 Å². The molecule has 0 aromatic heterocycles. The first-order valence-electron chi connectivity index (χ1n) is 6.33. The van der Waals surface area contributed by atoms with E-state index in [1.54, 1.807) is 6.07 Å². The number of likely N-dealkylation sites (N-methyl/N-ethyl adjacent to an activating group) is 1. The molecule has 0 spiro atoms. The molecular formula is C14H18FN3. The smallest absolute Gasteiger partial charge is 0.126 e. The Morgan fingerprint density at radius 2 is 2.17 bits per heavy atom. The van der Waals surface area contributed by atoms with Gasteiger partial charge in [-0.15, -0.1) is 0 Å². The molecule has 0 aliphatic carbocycles. The topological polar surface area (TPSA) is 30.3 Å². The van der Waals surface area contributed by atoms with Crippen molar-refractivity contribution >= 4 is 5.69 Å². The molecule has 1 aliphatic heterocycles. The van der Waals surface area contributed by atoms with Crippen LogP contribution in [0.2, 0.25) is 0 Å².